The van der Waals surface area contributed by atoms with Crippen LogP contribution in [-0.4, -0.2) is 0 Å². The van der Waals surface area contributed by atoms with Crippen LogP contribution in [0.25, 0.3) is 66.1 Å². The maximum absolute atomic E-state index is 6.47. The minimum Gasteiger partial charge on any atom is -0.455 e. The maximum Gasteiger partial charge on any atom is 0.143 e. The zero-order valence-electron chi connectivity index (χ0n) is 29.9. The summed E-state index contributed by atoms with van der Waals surface area (Å²) >= 11 is 0. The molecule has 0 amide bonds. The van der Waals surface area contributed by atoms with Crippen LogP contribution in [0.15, 0.2) is 205 Å². The van der Waals surface area contributed by atoms with Crippen molar-refractivity contribution in [3.8, 4) is 33.4 Å². The van der Waals surface area contributed by atoms with Crippen molar-refractivity contribution in [2.45, 2.75) is 5.41 Å². The zero-order chi connectivity index (χ0) is 36.1. The van der Waals surface area contributed by atoms with Crippen LogP contribution in [-0.2, 0) is 5.41 Å². The molecule has 0 aliphatic heterocycles. The van der Waals surface area contributed by atoms with Gasteiger partial charge in [0.1, 0.15) is 11.2 Å². The lowest BCUT2D eigenvalue weighted by molar-refractivity contribution is 0.672. The van der Waals surface area contributed by atoms with Gasteiger partial charge >= 0.3 is 0 Å². The monoisotopic (exact) mass is 699 g/mol. The highest BCUT2D eigenvalue weighted by Crippen LogP contribution is 2.63. The van der Waals surface area contributed by atoms with E-state index in [4.69, 9.17) is 4.42 Å². The van der Waals surface area contributed by atoms with Gasteiger partial charge in [-0.05, 0) is 116 Å². The third-order valence-electron chi connectivity index (χ3n) is 12.1. The Morgan fingerprint density at radius 1 is 0.345 bits per heavy atom. The predicted octanol–water partition coefficient (Wildman–Crippen LogP) is 14.2. The van der Waals surface area contributed by atoms with Crippen molar-refractivity contribution in [1.82, 2.24) is 0 Å². The molecule has 0 atom stereocenters. The van der Waals surface area contributed by atoms with Crippen molar-refractivity contribution >= 4 is 49.8 Å². The van der Waals surface area contributed by atoms with Crippen LogP contribution in [0.5, 0.6) is 0 Å². The van der Waals surface area contributed by atoms with Gasteiger partial charge in [-0.25, -0.2) is 0 Å². The summed E-state index contributed by atoms with van der Waals surface area (Å²) in [5, 5.41) is 4.60. The molecule has 0 saturated heterocycles. The topological polar surface area (TPSA) is 16.4 Å². The molecule has 10 aromatic rings. The summed E-state index contributed by atoms with van der Waals surface area (Å²) in [5.74, 6) is 0. The lowest BCUT2D eigenvalue weighted by atomic mass is 9.70. The molecule has 9 aromatic carbocycles. The largest absolute Gasteiger partial charge is 0.455 e. The number of nitrogens with zero attached hydrogens (tertiary/aromatic N) is 1. The molecule has 0 bridgehead atoms. The Bertz CT molecular complexity index is 3110. The van der Waals surface area contributed by atoms with Gasteiger partial charge in [-0.1, -0.05) is 146 Å². The summed E-state index contributed by atoms with van der Waals surface area (Å²) in [5.41, 5.74) is 17.7. The lowest BCUT2D eigenvalue weighted by Gasteiger charge is -2.32. The van der Waals surface area contributed by atoms with Gasteiger partial charge in [0.2, 0.25) is 0 Å². The van der Waals surface area contributed by atoms with Gasteiger partial charge in [-0.3, -0.25) is 0 Å². The normalized spacial score (nSPS) is 13.2. The number of fused-ring (bicyclic) bond motifs is 15. The second-order valence-electron chi connectivity index (χ2n) is 14.8. The highest BCUT2D eigenvalue weighted by molar-refractivity contribution is 6.15. The molecule has 2 heteroatoms. The number of hydrogen-bond acceptors (Lipinski definition) is 2. The minimum atomic E-state index is -0.409. The highest BCUT2D eigenvalue weighted by atomic mass is 16.3. The van der Waals surface area contributed by atoms with Crippen LogP contribution in [0.2, 0.25) is 0 Å². The fraction of sp³-hybridized carbons (Fsp3) is 0.0189. The van der Waals surface area contributed by atoms with Crippen molar-refractivity contribution in [1.29, 1.82) is 0 Å². The first-order valence-corrected chi connectivity index (χ1v) is 19.0. The smallest absolute Gasteiger partial charge is 0.143 e. The molecule has 55 heavy (non-hydrogen) atoms. The lowest BCUT2D eigenvalue weighted by Crippen LogP contribution is -2.26. The number of rotatable bonds is 4. The van der Waals surface area contributed by atoms with Crippen molar-refractivity contribution < 1.29 is 4.42 Å². The number of hydrogen-bond donors (Lipinski definition) is 0. The molecule has 2 nitrogen and oxygen atoms in total. The van der Waals surface area contributed by atoms with E-state index in [0.29, 0.717) is 0 Å². The summed E-state index contributed by atoms with van der Waals surface area (Å²) < 4.78 is 6.47. The predicted molar refractivity (Wildman–Crippen MR) is 228 cm³/mol. The highest BCUT2D eigenvalue weighted by Gasteiger charge is 2.51. The van der Waals surface area contributed by atoms with E-state index in [9.17, 15) is 0 Å². The first kappa shape index (κ1) is 30.3. The van der Waals surface area contributed by atoms with Crippen molar-refractivity contribution in [3.05, 3.63) is 222 Å². The van der Waals surface area contributed by atoms with Crippen LogP contribution in [0.3, 0.4) is 0 Å². The van der Waals surface area contributed by atoms with Gasteiger partial charge in [0.15, 0.2) is 0 Å². The van der Waals surface area contributed by atoms with E-state index in [-0.39, 0.29) is 0 Å². The number of anilines is 3. The van der Waals surface area contributed by atoms with Gasteiger partial charge in [0.05, 0.1) is 5.41 Å². The number of furan rings is 1. The first-order valence-electron chi connectivity index (χ1n) is 19.0. The van der Waals surface area contributed by atoms with E-state index in [0.717, 1.165) is 55.5 Å². The van der Waals surface area contributed by atoms with Crippen LogP contribution in [0.1, 0.15) is 22.3 Å². The van der Waals surface area contributed by atoms with E-state index in [2.05, 4.69) is 205 Å². The quantitative estimate of drug-likeness (QED) is 0.182. The SMILES string of the molecule is c1ccc(N(c2cccc(-c3ccc4oc5c6ccccc6ccc5c4c3)c2)c2ccc3c(c2)C2(c4ccccc4-c4ccccc42)c2ccccc2-3)cc1. The van der Waals surface area contributed by atoms with Gasteiger partial charge < -0.3 is 9.32 Å². The molecule has 2 aliphatic rings. The van der Waals surface area contributed by atoms with E-state index in [1.807, 2.05) is 0 Å². The Kier molecular flexibility index (Phi) is 6.29. The second kappa shape index (κ2) is 11.4. The average molecular weight is 700 g/mol. The molecule has 0 unspecified atom stereocenters. The van der Waals surface area contributed by atoms with Crippen LogP contribution in [0, 0.1) is 0 Å². The van der Waals surface area contributed by atoms with Crippen LogP contribution < -0.4 is 4.90 Å². The molecular weight excluding hydrogens is 667 g/mol. The molecule has 1 aromatic heterocycles. The summed E-state index contributed by atoms with van der Waals surface area (Å²) in [7, 11) is 0. The second-order valence-corrected chi connectivity index (χ2v) is 14.8. The van der Waals surface area contributed by atoms with Crippen LogP contribution >= 0.6 is 0 Å². The average Bonchev–Trinajstić information content (AvgIpc) is 3.88. The van der Waals surface area contributed by atoms with E-state index in [1.165, 1.54) is 49.9 Å². The Morgan fingerprint density at radius 2 is 0.945 bits per heavy atom. The number of benzene rings is 9. The fourth-order valence-corrected chi connectivity index (χ4v) is 9.75. The molecular formula is C53H33NO. The van der Waals surface area contributed by atoms with Gasteiger partial charge in [-0.15, -0.1) is 0 Å². The number of para-hydroxylation sites is 1. The van der Waals surface area contributed by atoms with Crippen molar-refractivity contribution in [2.75, 3.05) is 4.90 Å². The first-order chi connectivity index (χ1) is 27.3. The summed E-state index contributed by atoms with van der Waals surface area (Å²) in [6.45, 7) is 0. The third-order valence-corrected chi connectivity index (χ3v) is 12.1. The zero-order valence-corrected chi connectivity index (χ0v) is 29.9. The summed E-state index contributed by atoms with van der Waals surface area (Å²) in [4.78, 5) is 2.41. The summed E-state index contributed by atoms with van der Waals surface area (Å²) in [6, 6.07) is 73.3. The molecule has 1 spiro atoms. The third kappa shape index (κ3) is 4.19. The fourth-order valence-electron chi connectivity index (χ4n) is 9.75. The van der Waals surface area contributed by atoms with E-state index < -0.39 is 5.41 Å². The Morgan fingerprint density at radius 3 is 1.69 bits per heavy atom. The molecule has 0 saturated carbocycles. The molecule has 2 aliphatic carbocycles. The molecule has 256 valence electrons. The maximum atomic E-state index is 6.47. The Hall–Kier alpha value is -7.16. The Labute approximate surface area is 319 Å². The molecule has 0 fully saturated rings. The van der Waals surface area contributed by atoms with Crippen molar-refractivity contribution in [3.63, 3.8) is 0 Å². The Balaban J connectivity index is 1.05. The van der Waals surface area contributed by atoms with Crippen molar-refractivity contribution in [2.24, 2.45) is 0 Å². The molecule has 12 rings (SSSR count). The van der Waals surface area contributed by atoms with Crippen LogP contribution in [0.4, 0.5) is 17.1 Å². The standard InChI is InChI=1S/C53H33NO/c1-2-15-37(16-3-1)54(38-17-12-14-35(31-38)36-26-30-51-46(32-36)45-28-25-34-13-4-5-18-40(34)52(45)55-51)39-27-29-44-43-21-8-11-24-49(43)53(50(44)33-39)47-22-9-6-19-41(47)42-20-7-10-23-48(42)53/h1-33H. The minimum absolute atomic E-state index is 0.409. The molecule has 0 N–H and O–H groups in total. The molecule has 1 heterocycles. The van der Waals surface area contributed by atoms with Gasteiger partial charge in [0.25, 0.3) is 0 Å². The van der Waals surface area contributed by atoms with E-state index >= 15 is 0 Å². The molecule has 0 radical (unpaired) electrons. The van der Waals surface area contributed by atoms with Gasteiger partial charge in [0, 0.05) is 33.2 Å². The summed E-state index contributed by atoms with van der Waals surface area (Å²) in [6.07, 6.45) is 0. The van der Waals surface area contributed by atoms with Gasteiger partial charge in [-0.2, -0.15) is 0 Å². The van der Waals surface area contributed by atoms with E-state index in [1.54, 1.807) is 0 Å².